The summed E-state index contributed by atoms with van der Waals surface area (Å²) in [6.45, 7) is 4.61. The van der Waals surface area contributed by atoms with Crippen molar-refractivity contribution in [2.45, 2.75) is 25.6 Å². The number of rotatable bonds is 5. The Labute approximate surface area is 83.9 Å². The minimum absolute atomic E-state index is 0.0895. The van der Waals surface area contributed by atoms with Crippen molar-refractivity contribution in [3.63, 3.8) is 0 Å². The molecule has 1 fully saturated rings. The number of nitrogens with one attached hydrogen (secondary N) is 1. The van der Waals surface area contributed by atoms with Crippen molar-refractivity contribution in [3.8, 4) is 0 Å². The van der Waals surface area contributed by atoms with Gasteiger partial charge in [0.15, 0.2) is 0 Å². The highest BCUT2D eigenvalue weighted by atomic mass is 16.5. The minimum atomic E-state index is -0.332. The summed E-state index contributed by atoms with van der Waals surface area (Å²) >= 11 is 0. The summed E-state index contributed by atoms with van der Waals surface area (Å²) < 4.78 is 10.9. The maximum Gasteiger partial charge on any atom is 0.219 e. The quantitative estimate of drug-likeness (QED) is 0.576. The van der Waals surface area contributed by atoms with Crippen molar-refractivity contribution in [2.75, 3.05) is 26.3 Å². The maximum absolute atomic E-state index is 10.4. The minimum Gasteiger partial charge on any atom is -0.378 e. The standard InChI is InChI=1S/C9H18N2O3/c1-7-4-11-5-8(14-7)6-13-3-2-9(10)12/h7-8,11H,2-6H2,1H3,(H2,10,12). The number of morpholine rings is 1. The van der Waals surface area contributed by atoms with Gasteiger partial charge in [-0.05, 0) is 6.92 Å². The summed E-state index contributed by atoms with van der Waals surface area (Å²) in [6.07, 6.45) is 0.593. The maximum atomic E-state index is 10.4. The van der Waals surface area contributed by atoms with E-state index in [1.807, 2.05) is 6.92 Å². The average molecular weight is 202 g/mol. The number of carbonyl (C=O) groups excluding carboxylic acids is 1. The van der Waals surface area contributed by atoms with Crippen molar-refractivity contribution in [3.05, 3.63) is 0 Å². The van der Waals surface area contributed by atoms with Crippen LogP contribution in [0.3, 0.4) is 0 Å². The molecule has 1 aliphatic heterocycles. The van der Waals surface area contributed by atoms with Gasteiger partial charge in [0.05, 0.1) is 25.4 Å². The monoisotopic (exact) mass is 202 g/mol. The van der Waals surface area contributed by atoms with Crippen molar-refractivity contribution in [2.24, 2.45) is 5.73 Å². The van der Waals surface area contributed by atoms with Gasteiger partial charge in [-0.1, -0.05) is 0 Å². The van der Waals surface area contributed by atoms with Crippen molar-refractivity contribution in [1.82, 2.24) is 5.32 Å². The molecule has 1 amide bonds. The zero-order valence-electron chi connectivity index (χ0n) is 8.49. The molecule has 82 valence electrons. The number of hydrogen-bond donors (Lipinski definition) is 2. The molecule has 2 unspecified atom stereocenters. The van der Waals surface area contributed by atoms with Gasteiger partial charge in [-0.25, -0.2) is 0 Å². The van der Waals surface area contributed by atoms with E-state index in [-0.39, 0.29) is 24.5 Å². The Morgan fingerprint density at radius 3 is 3.07 bits per heavy atom. The first kappa shape index (κ1) is 11.4. The number of nitrogens with two attached hydrogens (primary N) is 1. The largest absolute Gasteiger partial charge is 0.378 e. The first-order chi connectivity index (χ1) is 6.68. The van der Waals surface area contributed by atoms with Gasteiger partial charge in [-0.15, -0.1) is 0 Å². The van der Waals surface area contributed by atoms with Crippen LogP contribution in [-0.2, 0) is 14.3 Å². The van der Waals surface area contributed by atoms with E-state index in [1.54, 1.807) is 0 Å². The first-order valence-electron chi connectivity index (χ1n) is 4.90. The highest BCUT2D eigenvalue weighted by Gasteiger charge is 2.18. The zero-order valence-corrected chi connectivity index (χ0v) is 8.49. The van der Waals surface area contributed by atoms with Crippen LogP contribution in [0, 0.1) is 0 Å². The highest BCUT2D eigenvalue weighted by Crippen LogP contribution is 2.03. The molecule has 2 atom stereocenters. The summed E-state index contributed by atoms with van der Waals surface area (Å²) in [5, 5.41) is 3.24. The predicted octanol–water partition coefficient (Wildman–Crippen LogP) is -0.745. The van der Waals surface area contributed by atoms with E-state index in [9.17, 15) is 4.79 Å². The Morgan fingerprint density at radius 2 is 2.43 bits per heavy atom. The number of carbonyl (C=O) groups is 1. The lowest BCUT2D eigenvalue weighted by Crippen LogP contribution is -2.45. The zero-order chi connectivity index (χ0) is 10.4. The van der Waals surface area contributed by atoms with Crippen molar-refractivity contribution >= 4 is 5.91 Å². The van der Waals surface area contributed by atoms with Crippen molar-refractivity contribution in [1.29, 1.82) is 0 Å². The third-order valence-electron chi connectivity index (χ3n) is 2.03. The average Bonchev–Trinajstić information content (AvgIpc) is 2.12. The van der Waals surface area contributed by atoms with Crippen LogP contribution >= 0.6 is 0 Å². The summed E-state index contributed by atoms with van der Waals surface area (Å²) in [4.78, 5) is 10.4. The Kier molecular flexibility index (Phi) is 4.86. The molecule has 0 saturated carbocycles. The van der Waals surface area contributed by atoms with Gasteiger partial charge in [0.25, 0.3) is 0 Å². The fraction of sp³-hybridized carbons (Fsp3) is 0.889. The number of primary amides is 1. The van der Waals surface area contributed by atoms with Gasteiger partial charge in [0.2, 0.25) is 5.91 Å². The topological polar surface area (TPSA) is 73.6 Å². The lowest BCUT2D eigenvalue weighted by molar-refractivity contribution is -0.120. The Bertz CT molecular complexity index is 187. The van der Waals surface area contributed by atoms with Crippen LogP contribution in [0.2, 0.25) is 0 Å². The van der Waals surface area contributed by atoms with E-state index in [2.05, 4.69) is 5.32 Å². The van der Waals surface area contributed by atoms with Gasteiger partial charge in [-0.2, -0.15) is 0 Å². The molecule has 1 aliphatic rings. The molecular weight excluding hydrogens is 184 g/mol. The number of hydrogen-bond acceptors (Lipinski definition) is 4. The molecule has 0 aromatic rings. The highest BCUT2D eigenvalue weighted by molar-refractivity contribution is 5.73. The van der Waals surface area contributed by atoms with E-state index in [1.165, 1.54) is 0 Å². The van der Waals surface area contributed by atoms with Crippen LogP contribution in [0.25, 0.3) is 0 Å². The van der Waals surface area contributed by atoms with Crippen LogP contribution in [0.5, 0.6) is 0 Å². The summed E-state index contributed by atoms with van der Waals surface area (Å²) in [5.74, 6) is -0.332. The molecule has 0 radical (unpaired) electrons. The lowest BCUT2D eigenvalue weighted by atomic mass is 10.2. The summed E-state index contributed by atoms with van der Waals surface area (Å²) in [7, 11) is 0. The van der Waals surface area contributed by atoms with Crippen molar-refractivity contribution < 1.29 is 14.3 Å². The van der Waals surface area contributed by atoms with Crippen LogP contribution in [-0.4, -0.2) is 44.4 Å². The van der Waals surface area contributed by atoms with E-state index in [4.69, 9.17) is 15.2 Å². The fourth-order valence-electron chi connectivity index (χ4n) is 1.36. The third kappa shape index (κ3) is 4.55. The van der Waals surface area contributed by atoms with Gasteiger partial charge in [-0.3, -0.25) is 4.79 Å². The molecule has 0 aliphatic carbocycles. The SMILES string of the molecule is CC1CNCC(COCCC(N)=O)O1. The molecule has 0 aromatic heterocycles. The van der Waals surface area contributed by atoms with E-state index >= 15 is 0 Å². The predicted molar refractivity (Wildman–Crippen MR) is 51.8 cm³/mol. The molecule has 0 bridgehead atoms. The van der Waals surface area contributed by atoms with E-state index < -0.39 is 0 Å². The van der Waals surface area contributed by atoms with Crippen LogP contribution in [0.1, 0.15) is 13.3 Å². The number of ether oxygens (including phenoxy) is 2. The second-order valence-corrected chi connectivity index (χ2v) is 3.52. The second-order valence-electron chi connectivity index (χ2n) is 3.52. The van der Waals surface area contributed by atoms with E-state index in [0.717, 1.165) is 13.1 Å². The van der Waals surface area contributed by atoms with E-state index in [0.29, 0.717) is 13.2 Å². The van der Waals surface area contributed by atoms with Gasteiger partial charge < -0.3 is 20.5 Å². The first-order valence-corrected chi connectivity index (χ1v) is 4.90. The van der Waals surface area contributed by atoms with Gasteiger partial charge >= 0.3 is 0 Å². The molecule has 1 rings (SSSR count). The Morgan fingerprint density at radius 1 is 1.64 bits per heavy atom. The molecule has 5 heteroatoms. The lowest BCUT2D eigenvalue weighted by Gasteiger charge is -2.28. The smallest absolute Gasteiger partial charge is 0.219 e. The molecule has 0 aromatic carbocycles. The molecule has 1 heterocycles. The van der Waals surface area contributed by atoms with Gasteiger partial charge in [0.1, 0.15) is 0 Å². The Hall–Kier alpha value is -0.650. The Balaban J connectivity index is 2.03. The molecule has 3 N–H and O–H groups in total. The molecular formula is C9H18N2O3. The van der Waals surface area contributed by atoms with Gasteiger partial charge in [0, 0.05) is 19.5 Å². The summed E-state index contributed by atoms with van der Waals surface area (Å²) in [5.41, 5.74) is 4.97. The summed E-state index contributed by atoms with van der Waals surface area (Å²) in [6, 6.07) is 0. The second kappa shape index (κ2) is 5.95. The van der Waals surface area contributed by atoms with Crippen LogP contribution in [0.4, 0.5) is 0 Å². The fourth-order valence-corrected chi connectivity index (χ4v) is 1.36. The molecule has 0 spiro atoms. The number of amides is 1. The molecule has 1 saturated heterocycles. The third-order valence-corrected chi connectivity index (χ3v) is 2.03. The normalized spacial score (nSPS) is 27.5. The molecule has 14 heavy (non-hydrogen) atoms. The molecule has 5 nitrogen and oxygen atoms in total. The van der Waals surface area contributed by atoms with Crippen LogP contribution in [0.15, 0.2) is 0 Å². The van der Waals surface area contributed by atoms with Crippen LogP contribution < -0.4 is 11.1 Å².